The maximum absolute atomic E-state index is 5.97. The number of nitrogen functional groups attached to an aromatic ring is 1. The summed E-state index contributed by atoms with van der Waals surface area (Å²) in [5.41, 5.74) is 11.3. The van der Waals surface area contributed by atoms with Crippen molar-refractivity contribution in [2.75, 3.05) is 29.0 Å². The van der Waals surface area contributed by atoms with Crippen LogP contribution in [0.1, 0.15) is 18.4 Å². The van der Waals surface area contributed by atoms with E-state index < -0.39 is 0 Å². The minimum Gasteiger partial charge on any atom is -0.397 e. The second-order valence-electron chi connectivity index (χ2n) is 6.74. The molecule has 0 spiro atoms. The standard InChI is InChI=1S/C22H24N4/c23-20-5-1-2-6-21(20)24-15-17-7-9-18(10-8-17)19-11-12-22(25-16-19)26-13-3-4-14-26/h1-2,5-12,16,24H,3-4,13-15,23H2. The summed E-state index contributed by atoms with van der Waals surface area (Å²) in [4.78, 5) is 7.00. The molecule has 4 heteroatoms. The maximum Gasteiger partial charge on any atom is 0.128 e. The van der Waals surface area contributed by atoms with Crippen molar-refractivity contribution in [2.45, 2.75) is 19.4 Å². The molecule has 26 heavy (non-hydrogen) atoms. The van der Waals surface area contributed by atoms with Gasteiger partial charge in [-0.1, -0.05) is 36.4 Å². The molecule has 3 N–H and O–H groups in total. The number of nitrogens with two attached hydrogens (primary N) is 1. The molecule has 1 fully saturated rings. The Morgan fingerprint density at radius 2 is 1.62 bits per heavy atom. The lowest BCUT2D eigenvalue weighted by Crippen LogP contribution is -2.18. The Morgan fingerprint density at radius 1 is 0.885 bits per heavy atom. The zero-order valence-corrected chi connectivity index (χ0v) is 14.9. The van der Waals surface area contributed by atoms with E-state index in [1.807, 2.05) is 30.5 Å². The van der Waals surface area contributed by atoms with Gasteiger partial charge in [-0.05, 0) is 48.2 Å². The van der Waals surface area contributed by atoms with E-state index >= 15 is 0 Å². The number of anilines is 3. The highest BCUT2D eigenvalue weighted by molar-refractivity contribution is 5.66. The van der Waals surface area contributed by atoms with Crippen LogP contribution >= 0.6 is 0 Å². The third kappa shape index (κ3) is 3.64. The fraction of sp³-hybridized carbons (Fsp3) is 0.227. The summed E-state index contributed by atoms with van der Waals surface area (Å²) in [6, 6.07) is 20.7. The van der Waals surface area contributed by atoms with Gasteiger partial charge in [-0.25, -0.2) is 4.98 Å². The normalized spacial score (nSPS) is 13.8. The van der Waals surface area contributed by atoms with Crippen molar-refractivity contribution in [1.29, 1.82) is 0 Å². The third-order valence-electron chi connectivity index (χ3n) is 4.91. The van der Waals surface area contributed by atoms with Gasteiger partial charge in [-0.15, -0.1) is 0 Å². The number of nitrogens with one attached hydrogen (secondary N) is 1. The van der Waals surface area contributed by atoms with Crippen LogP contribution < -0.4 is 16.0 Å². The number of aromatic nitrogens is 1. The average Bonchev–Trinajstić information content (AvgIpc) is 3.23. The van der Waals surface area contributed by atoms with Gasteiger partial charge in [0, 0.05) is 31.4 Å². The highest BCUT2D eigenvalue weighted by Crippen LogP contribution is 2.24. The molecule has 1 aliphatic rings. The van der Waals surface area contributed by atoms with Gasteiger partial charge in [0.05, 0.1) is 11.4 Å². The van der Waals surface area contributed by atoms with Gasteiger partial charge in [-0.2, -0.15) is 0 Å². The number of hydrogen-bond donors (Lipinski definition) is 2. The van der Waals surface area contributed by atoms with Gasteiger partial charge in [0.1, 0.15) is 5.82 Å². The molecule has 0 bridgehead atoms. The molecule has 2 aromatic carbocycles. The van der Waals surface area contributed by atoms with Crippen molar-refractivity contribution >= 4 is 17.2 Å². The van der Waals surface area contributed by atoms with Crippen molar-refractivity contribution in [1.82, 2.24) is 4.98 Å². The highest BCUT2D eigenvalue weighted by Gasteiger charge is 2.13. The minimum atomic E-state index is 0.751. The second-order valence-corrected chi connectivity index (χ2v) is 6.74. The largest absolute Gasteiger partial charge is 0.397 e. The second kappa shape index (κ2) is 7.48. The topological polar surface area (TPSA) is 54.2 Å². The molecule has 0 unspecified atom stereocenters. The molecule has 2 heterocycles. The molecule has 1 aromatic heterocycles. The summed E-state index contributed by atoms with van der Waals surface area (Å²) in [6.07, 6.45) is 4.52. The van der Waals surface area contributed by atoms with E-state index in [-0.39, 0.29) is 0 Å². The van der Waals surface area contributed by atoms with Crippen LogP contribution in [-0.4, -0.2) is 18.1 Å². The van der Waals surface area contributed by atoms with Gasteiger partial charge in [-0.3, -0.25) is 0 Å². The number of nitrogens with zero attached hydrogens (tertiary/aromatic N) is 2. The molecular formula is C22H24N4. The summed E-state index contributed by atoms with van der Waals surface area (Å²) < 4.78 is 0. The van der Waals surface area contributed by atoms with Crippen LogP contribution in [0.3, 0.4) is 0 Å². The number of para-hydroxylation sites is 2. The predicted molar refractivity (Wildman–Crippen MR) is 109 cm³/mol. The van der Waals surface area contributed by atoms with E-state index in [2.05, 4.69) is 51.6 Å². The Morgan fingerprint density at radius 3 is 2.31 bits per heavy atom. The van der Waals surface area contributed by atoms with Gasteiger partial charge in [0.2, 0.25) is 0 Å². The SMILES string of the molecule is Nc1ccccc1NCc1ccc(-c2ccc(N3CCCC3)nc2)cc1. The van der Waals surface area contributed by atoms with E-state index in [0.717, 1.165) is 42.4 Å². The molecule has 4 nitrogen and oxygen atoms in total. The average molecular weight is 344 g/mol. The van der Waals surface area contributed by atoms with Gasteiger partial charge >= 0.3 is 0 Å². The zero-order chi connectivity index (χ0) is 17.8. The monoisotopic (exact) mass is 344 g/mol. The van der Waals surface area contributed by atoms with Crippen molar-refractivity contribution in [3.63, 3.8) is 0 Å². The Bertz CT molecular complexity index is 850. The summed E-state index contributed by atoms with van der Waals surface area (Å²) >= 11 is 0. The fourth-order valence-corrected chi connectivity index (χ4v) is 3.36. The molecule has 1 aliphatic heterocycles. The predicted octanol–water partition coefficient (Wildman–Crippen LogP) is 4.54. The van der Waals surface area contributed by atoms with Crippen LogP contribution in [0.5, 0.6) is 0 Å². The number of pyridine rings is 1. The van der Waals surface area contributed by atoms with E-state index in [1.165, 1.54) is 24.0 Å². The molecule has 0 saturated carbocycles. The molecule has 0 aliphatic carbocycles. The summed E-state index contributed by atoms with van der Waals surface area (Å²) in [6.45, 7) is 3.00. The lowest BCUT2D eigenvalue weighted by Gasteiger charge is -2.16. The lowest BCUT2D eigenvalue weighted by molar-refractivity contribution is 0.938. The van der Waals surface area contributed by atoms with Crippen LogP contribution in [0.25, 0.3) is 11.1 Å². The van der Waals surface area contributed by atoms with E-state index in [4.69, 9.17) is 5.73 Å². The highest BCUT2D eigenvalue weighted by atomic mass is 15.2. The minimum absolute atomic E-state index is 0.751. The van der Waals surface area contributed by atoms with Crippen LogP contribution in [0.15, 0.2) is 66.9 Å². The van der Waals surface area contributed by atoms with E-state index in [1.54, 1.807) is 0 Å². The Balaban J connectivity index is 1.41. The summed E-state index contributed by atoms with van der Waals surface area (Å²) in [5.74, 6) is 1.09. The van der Waals surface area contributed by atoms with Crippen LogP contribution in [0.2, 0.25) is 0 Å². The first kappa shape index (κ1) is 16.5. The first-order valence-corrected chi connectivity index (χ1v) is 9.18. The van der Waals surface area contributed by atoms with E-state index in [0.29, 0.717) is 0 Å². The van der Waals surface area contributed by atoms with Crippen LogP contribution in [0.4, 0.5) is 17.2 Å². The summed E-state index contributed by atoms with van der Waals surface area (Å²) in [7, 11) is 0. The first-order valence-electron chi connectivity index (χ1n) is 9.18. The first-order chi connectivity index (χ1) is 12.8. The summed E-state index contributed by atoms with van der Waals surface area (Å²) in [5, 5.41) is 3.38. The smallest absolute Gasteiger partial charge is 0.128 e. The van der Waals surface area contributed by atoms with Crippen molar-refractivity contribution < 1.29 is 0 Å². The molecular weight excluding hydrogens is 320 g/mol. The number of benzene rings is 2. The molecule has 0 atom stereocenters. The van der Waals surface area contributed by atoms with E-state index in [9.17, 15) is 0 Å². The molecule has 132 valence electrons. The Labute approximate surface area is 154 Å². The zero-order valence-electron chi connectivity index (χ0n) is 14.9. The molecule has 4 rings (SSSR count). The Kier molecular flexibility index (Phi) is 4.73. The number of rotatable bonds is 5. The fourth-order valence-electron chi connectivity index (χ4n) is 3.36. The van der Waals surface area contributed by atoms with Gasteiger partial charge < -0.3 is 16.0 Å². The maximum atomic E-state index is 5.97. The van der Waals surface area contributed by atoms with Crippen molar-refractivity contribution in [3.05, 3.63) is 72.4 Å². The molecule has 1 saturated heterocycles. The lowest BCUT2D eigenvalue weighted by atomic mass is 10.1. The van der Waals surface area contributed by atoms with Crippen molar-refractivity contribution in [3.8, 4) is 11.1 Å². The van der Waals surface area contributed by atoms with Gasteiger partial charge in [0.25, 0.3) is 0 Å². The van der Waals surface area contributed by atoms with Crippen LogP contribution in [-0.2, 0) is 6.54 Å². The number of hydrogen-bond acceptors (Lipinski definition) is 4. The molecule has 0 radical (unpaired) electrons. The Hall–Kier alpha value is -3.01. The van der Waals surface area contributed by atoms with Crippen LogP contribution in [0, 0.1) is 0 Å². The molecule has 3 aromatic rings. The quantitative estimate of drug-likeness (QED) is 0.667. The molecule has 0 amide bonds. The van der Waals surface area contributed by atoms with Crippen molar-refractivity contribution in [2.24, 2.45) is 0 Å². The third-order valence-corrected chi connectivity index (χ3v) is 4.91. The van der Waals surface area contributed by atoms with Gasteiger partial charge in [0.15, 0.2) is 0 Å².